The fourth-order valence-corrected chi connectivity index (χ4v) is 3.30. The number of nitrogens with one attached hydrogen (secondary N) is 1. The van der Waals surface area contributed by atoms with Crippen LogP contribution in [0.3, 0.4) is 0 Å². The molecule has 0 fully saturated rings. The van der Waals surface area contributed by atoms with E-state index in [9.17, 15) is 22.4 Å². The van der Waals surface area contributed by atoms with Crippen LogP contribution in [0.2, 0.25) is 0 Å². The van der Waals surface area contributed by atoms with E-state index in [0.29, 0.717) is 4.68 Å². The van der Waals surface area contributed by atoms with Crippen LogP contribution in [0.15, 0.2) is 48.5 Å². The van der Waals surface area contributed by atoms with Gasteiger partial charge in [0.2, 0.25) is 0 Å². The second-order valence-electron chi connectivity index (χ2n) is 7.46. The molecule has 0 aliphatic carbocycles. The highest BCUT2D eigenvalue weighted by Gasteiger charge is 2.42. The number of aromatic nitrogens is 3. The van der Waals surface area contributed by atoms with E-state index < -0.39 is 29.3 Å². The molecule has 1 aromatic heterocycles. The van der Waals surface area contributed by atoms with Crippen molar-refractivity contribution in [2.45, 2.75) is 25.6 Å². The first-order chi connectivity index (χ1) is 15.1. The molecule has 6 nitrogen and oxygen atoms in total. The van der Waals surface area contributed by atoms with Crippen molar-refractivity contribution in [2.24, 2.45) is 0 Å². The Morgan fingerprint density at radius 2 is 1.72 bits per heavy atom. The zero-order valence-electron chi connectivity index (χ0n) is 17.8. The van der Waals surface area contributed by atoms with Crippen molar-refractivity contribution in [3.63, 3.8) is 0 Å². The fourth-order valence-electron chi connectivity index (χ4n) is 3.30. The van der Waals surface area contributed by atoms with E-state index in [0.717, 1.165) is 41.8 Å². The van der Waals surface area contributed by atoms with Gasteiger partial charge < -0.3 is 10.2 Å². The summed E-state index contributed by atoms with van der Waals surface area (Å²) in [6.45, 7) is 2.11. The number of carbonyl (C=O) groups excluding carboxylic acids is 1. The van der Waals surface area contributed by atoms with Crippen LogP contribution in [-0.4, -0.2) is 46.4 Å². The number of likely N-dealkylation sites (N-methyl/N-ethyl adjacent to an activating group) is 1. The summed E-state index contributed by atoms with van der Waals surface area (Å²) in [5.74, 6) is -1.61. The van der Waals surface area contributed by atoms with Crippen molar-refractivity contribution in [1.82, 2.24) is 25.2 Å². The summed E-state index contributed by atoms with van der Waals surface area (Å²) in [6, 6.07) is 11.8. The summed E-state index contributed by atoms with van der Waals surface area (Å²) < 4.78 is 54.9. The standard InChI is InChI=1S/C22H23F4N5O/c1-4-14-5-7-15(8-6-14)18(30(2)3)13-27-21(32)19-20(22(24,25)26)31(29-28-19)17-11-9-16(23)10-12-17/h5-12,18H,4,13H2,1-3H3,(H,27,32). The molecule has 1 N–H and O–H groups in total. The Kier molecular flexibility index (Phi) is 6.93. The van der Waals surface area contributed by atoms with Gasteiger partial charge in [-0.25, -0.2) is 9.07 Å². The molecule has 0 spiro atoms. The maximum atomic E-state index is 13.8. The van der Waals surface area contributed by atoms with Crippen LogP contribution >= 0.6 is 0 Å². The third kappa shape index (κ3) is 5.13. The SMILES string of the molecule is CCc1ccc(C(CNC(=O)c2nnn(-c3ccc(F)cc3)c2C(F)(F)F)N(C)C)cc1. The van der Waals surface area contributed by atoms with Crippen LogP contribution in [0.25, 0.3) is 5.69 Å². The summed E-state index contributed by atoms with van der Waals surface area (Å²) in [5.41, 5.74) is -0.163. The first kappa shape index (κ1) is 23.4. The second-order valence-corrected chi connectivity index (χ2v) is 7.46. The average molecular weight is 449 g/mol. The molecule has 1 heterocycles. The minimum atomic E-state index is -4.90. The molecule has 1 atom stereocenters. The summed E-state index contributed by atoms with van der Waals surface area (Å²) in [5, 5.41) is 9.51. The highest BCUT2D eigenvalue weighted by Crippen LogP contribution is 2.33. The van der Waals surface area contributed by atoms with Crippen molar-refractivity contribution >= 4 is 5.91 Å². The lowest BCUT2D eigenvalue weighted by atomic mass is 10.0. The maximum absolute atomic E-state index is 13.8. The van der Waals surface area contributed by atoms with Crippen molar-refractivity contribution in [3.8, 4) is 5.69 Å². The van der Waals surface area contributed by atoms with Gasteiger partial charge in [-0.15, -0.1) is 5.10 Å². The van der Waals surface area contributed by atoms with Crippen molar-refractivity contribution in [2.75, 3.05) is 20.6 Å². The van der Waals surface area contributed by atoms with Gasteiger partial charge in [-0.05, 0) is 55.9 Å². The number of halogens is 4. The van der Waals surface area contributed by atoms with Crippen molar-refractivity contribution in [3.05, 3.63) is 76.9 Å². The minimum absolute atomic E-state index is 0.0625. The van der Waals surface area contributed by atoms with Gasteiger partial charge >= 0.3 is 6.18 Å². The molecule has 170 valence electrons. The third-order valence-corrected chi connectivity index (χ3v) is 5.08. The van der Waals surface area contributed by atoms with Gasteiger partial charge in [0.05, 0.1) is 11.7 Å². The van der Waals surface area contributed by atoms with E-state index in [2.05, 4.69) is 15.6 Å². The summed E-state index contributed by atoms with van der Waals surface area (Å²) in [4.78, 5) is 14.5. The molecule has 1 amide bonds. The number of hydrogen-bond acceptors (Lipinski definition) is 4. The molecular formula is C22H23F4N5O. The normalized spacial score (nSPS) is 12.8. The first-order valence-corrected chi connectivity index (χ1v) is 9.94. The van der Waals surface area contributed by atoms with E-state index in [1.807, 2.05) is 50.2 Å². The molecule has 0 aliphatic heterocycles. The molecule has 0 bridgehead atoms. The van der Waals surface area contributed by atoms with Crippen LogP contribution in [-0.2, 0) is 12.6 Å². The van der Waals surface area contributed by atoms with E-state index in [-0.39, 0.29) is 18.3 Å². The molecule has 0 saturated carbocycles. The monoisotopic (exact) mass is 449 g/mol. The third-order valence-electron chi connectivity index (χ3n) is 5.08. The fraction of sp³-hybridized carbons (Fsp3) is 0.318. The van der Waals surface area contributed by atoms with Crippen LogP contribution in [0.5, 0.6) is 0 Å². The van der Waals surface area contributed by atoms with Crippen molar-refractivity contribution in [1.29, 1.82) is 0 Å². The number of aryl methyl sites for hydroxylation is 1. The summed E-state index contributed by atoms with van der Waals surface area (Å²) >= 11 is 0. The number of nitrogens with zero attached hydrogens (tertiary/aromatic N) is 4. The highest BCUT2D eigenvalue weighted by molar-refractivity contribution is 5.93. The number of benzene rings is 2. The Morgan fingerprint density at radius 1 is 1.09 bits per heavy atom. The van der Waals surface area contributed by atoms with E-state index in [1.54, 1.807) is 0 Å². The van der Waals surface area contributed by atoms with Crippen LogP contribution < -0.4 is 5.32 Å². The molecule has 3 rings (SSSR count). The molecule has 2 aromatic carbocycles. The summed E-state index contributed by atoms with van der Waals surface area (Å²) in [6.07, 6.45) is -4.02. The molecule has 0 aliphatic rings. The molecular weight excluding hydrogens is 426 g/mol. The molecule has 32 heavy (non-hydrogen) atoms. The first-order valence-electron chi connectivity index (χ1n) is 9.94. The molecule has 10 heteroatoms. The number of hydrogen-bond donors (Lipinski definition) is 1. The highest BCUT2D eigenvalue weighted by atomic mass is 19.4. The Labute approximate surface area is 182 Å². The van der Waals surface area contributed by atoms with Crippen LogP contribution in [0, 0.1) is 5.82 Å². The number of alkyl halides is 3. The second kappa shape index (κ2) is 9.47. The zero-order chi connectivity index (χ0) is 23.5. The Balaban J connectivity index is 1.85. The minimum Gasteiger partial charge on any atom is -0.349 e. The lowest BCUT2D eigenvalue weighted by Gasteiger charge is -2.25. The number of amides is 1. The van der Waals surface area contributed by atoms with Gasteiger partial charge in [0, 0.05) is 6.54 Å². The molecule has 1 unspecified atom stereocenters. The average Bonchev–Trinajstić information content (AvgIpc) is 3.20. The van der Waals surface area contributed by atoms with Crippen LogP contribution in [0.1, 0.15) is 40.3 Å². The van der Waals surface area contributed by atoms with E-state index >= 15 is 0 Å². The van der Waals surface area contributed by atoms with Gasteiger partial charge in [-0.3, -0.25) is 4.79 Å². The maximum Gasteiger partial charge on any atom is 0.435 e. The van der Waals surface area contributed by atoms with Gasteiger partial charge in [0.15, 0.2) is 11.4 Å². The van der Waals surface area contributed by atoms with Gasteiger partial charge in [0.1, 0.15) is 5.82 Å². The predicted octanol–water partition coefficient (Wildman–Crippen LogP) is 4.02. The lowest BCUT2D eigenvalue weighted by molar-refractivity contribution is -0.143. The quantitative estimate of drug-likeness (QED) is 0.554. The number of carbonyl (C=O) groups is 1. The molecule has 0 radical (unpaired) electrons. The largest absolute Gasteiger partial charge is 0.435 e. The zero-order valence-corrected chi connectivity index (χ0v) is 17.8. The molecule has 3 aromatic rings. The summed E-state index contributed by atoms with van der Waals surface area (Å²) in [7, 11) is 3.63. The Bertz CT molecular complexity index is 1060. The van der Waals surface area contributed by atoms with Gasteiger partial charge in [-0.1, -0.05) is 36.4 Å². The van der Waals surface area contributed by atoms with Gasteiger partial charge in [0.25, 0.3) is 5.91 Å². The Morgan fingerprint density at radius 3 is 2.25 bits per heavy atom. The smallest absolute Gasteiger partial charge is 0.349 e. The van der Waals surface area contributed by atoms with E-state index in [1.165, 1.54) is 0 Å². The van der Waals surface area contributed by atoms with E-state index in [4.69, 9.17) is 0 Å². The predicted molar refractivity (Wildman–Crippen MR) is 111 cm³/mol. The Hall–Kier alpha value is -3.27. The lowest BCUT2D eigenvalue weighted by Crippen LogP contribution is -2.35. The van der Waals surface area contributed by atoms with Crippen molar-refractivity contribution < 1.29 is 22.4 Å². The van der Waals surface area contributed by atoms with Gasteiger partial charge in [-0.2, -0.15) is 13.2 Å². The number of rotatable bonds is 7. The topological polar surface area (TPSA) is 63.1 Å². The molecule has 0 saturated heterocycles. The van der Waals surface area contributed by atoms with Crippen LogP contribution in [0.4, 0.5) is 17.6 Å².